The number of nitrogens with one attached hydrogen (secondary N) is 2. The smallest absolute Gasteiger partial charge is 0.408 e. The molecule has 9 heteroatoms. The van der Waals surface area contributed by atoms with Gasteiger partial charge in [0.1, 0.15) is 12.6 Å². The molecule has 1 aromatic heterocycles. The Kier molecular flexibility index (Phi) is 6.86. The Balaban J connectivity index is 1.47. The first-order chi connectivity index (χ1) is 16.8. The van der Waals surface area contributed by atoms with Gasteiger partial charge in [-0.2, -0.15) is 5.10 Å². The molecule has 0 saturated heterocycles. The Morgan fingerprint density at radius 3 is 2.17 bits per heavy atom. The summed E-state index contributed by atoms with van der Waals surface area (Å²) in [5, 5.41) is 18.6. The van der Waals surface area contributed by atoms with Crippen molar-refractivity contribution in [2.75, 3.05) is 6.61 Å². The molecule has 1 aliphatic rings. The third kappa shape index (κ3) is 5.03. The second-order valence-corrected chi connectivity index (χ2v) is 8.77. The monoisotopic (exact) mass is 476 g/mol. The average molecular weight is 477 g/mol. The van der Waals surface area contributed by atoms with Crippen molar-refractivity contribution in [2.24, 2.45) is 13.0 Å². The topological polar surface area (TPSA) is 123 Å². The van der Waals surface area contributed by atoms with E-state index in [1.54, 1.807) is 20.2 Å². The normalized spacial score (nSPS) is 14.8. The van der Waals surface area contributed by atoms with Crippen LogP contribution in [0.2, 0.25) is 0 Å². The van der Waals surface area contributed by atoms with Crippen molar-refractivity contribution in [2.45, 2.75) is 31.8 Å². The number of aliphatic carboxylic acids is 1. The first kappa shape index (κ1) is 24.0. The average Bonchev–Trinajstić information content (AvgIpc) is 3.41. The van der Waals surface area contributed by atoms with Gasteiger partial charge in [0.25, 0.3) is 0 Å². The Morgan fingerprint density at radius 1 is 1.03 bits per heavy atom. The van der Waals surface area contributed by atoms with E-state index in [1.165, 1.54) is 17.8 Å². The minimum atomic E-state index is -1.09. The summed E-state index contributed by atoms with van der Waals surface area (Å²) in [6.45, 7) is 3.21. The van der Waals surface area contributed by atoms with Gasteiger partial charge in [0.2, 0.25) is 5.91 Å². The number of aromatic nitrogens is 2. The number of hydrogen-bond donors (Lipinski definition) is 3. The van der Waals surface area contributed by atoms with Crippen molar-refractivity contribution >= 4 is 18.0 Å². The van der Waals surface area contributed by atoms with E-state index in [2.05, 4.69) is 27.9 Å². The molecule has 2 aromatic carbocycles. The summed E-state index contributed by atoms with van der Waals surface area (Å²) in [4.78, 5) is 37.1. The molecule has 0 spiro atoms. The number of aryl methyl sites for hydroxylation is 1. The van der Waals surface area contributed by atoms with Gasteiger partial charge < -0.3 is 20.5 Å². The van der Waals surface area contributed by atoms with Gasteiger partial charge in [0.05, 0.1) is 12.1 Å². The molecule has 1 aliphatic carbocycles. The molecule has 4 rings (SSSR count). The van der Waals surface area contributed by atoms with Crippen molar-refractivity contribution in [1.29, 1.82) is 0 Å². The molecular formula is C26H28N4O5. The highest BCUT2D eigenvalue weighted by atomic mass is 16.5. The fourth-order valence-electron chi connectivity index (χ4n) is 4.29. The van der Waals surface area contributed by atoms with Crippen LogP contribution in [0.15, 0.2) is 60.9 Å². The lowest BCUT2D eigenvalue weighted by atomic mass is 9.98. The lowest BCUT2D eigenvalue weighted by molar-refractivity contribution is -0.142. The molecule has 9 nitrogen and oxygen atoms in total. The maximum absolute atomic E-state index is 13.0. The maximum Gasteiger partial charge on any atom is 0.408 e. The SMILES string of the molecule is CC(NC(=O)C(NC(=O)OCC1c2ccccc2-c2ccccc21)c1cnn(C)c1)C(C)C(=O)O. The highest BCUT2D eigenvalue weighted by Gasteiger charge is 2.31. The molecule has 0 fully saturated rings. The van der Waals surface area contributed by atoms with E-state index in [-0.39, 0.29) is 12.5 Å². The number of fused-ring (bicyclic) bond motifs is 3. The number of carboxylic acids is 1. The number of carboxylic acid groups (broad SMARTS) is 1. The number of carbonyl (C=O) groups excluding carboxylic acids is 2. The van der Waals surface area contributed by atoms with Gasteiger partial charge in [-0.1, -0.05) is 48.5 Å². The molecule has 2 amide bonds. The molecule has 0 saturated carbocycles. The molecule has 0 bridgehead atoms. The summed E-state index contributed by atoms with van der Waals surface area (Å²) in [7, 11) is 1.70. The highest BCUT2D eigenvalue weighted by Crippen LogP contribution is 2.44. The molecule has 3 atom stereocenters. The zero-order valence-corrected chi connectivity index (χ0v) is 19.8. The van der Waals surface area contributed by atoms with E-state index >= 15 is 0 Å². The van der Waals surface area contributed by atoms with Crippen molar-refractivity contribution in [1.82, 2.24) is 20.4 Å². The molecule has 35 heavy (non-hydrogen) atoms. The van der Waals surface area contributed by atoms with Crippen LogP contribution in [0, 0.1) is 5.92 Å². The molecule has 1 heterocycles. The molecule has 3 aromatic rings. The maximum atomic E-state index is 13.0. The molecule has 0 aliphatic heterocycles. The second kappa shape index (κ2) is 10.0. The summed E-state index contributed by atoms with van der Waals surface area (Å²) in [5.74, 6) is -2.49. The largest absolute Gasteiger partial charge is 0.481 e. The van der Waals surface area contributed by atoms with Gasteiger partial charge in [-0.3, -0.25) is 14.3 Å². The Labute approximate surface area is 203 Å². The molecule has 3 unspecified atom stereocenters. The van der Waals surface area contributed by atoms with Crippen molar-refractivity contribution in [3.8, 4) is 11.1 Å². The van der Waals surface area contributed by atoms with E-state index < -0.39 is 36.0 Å². The number of ether oxygens (including phenoxy) is 1. The van der Waals surface area contributed by atoms with Gasteiger partial charge in [-0.15, -0.1) is 0 Å². The minimum absolute atomic E-state index is 0.105. The number of benzene rings is 2. The number of hydrogen-bond acceptors (Lipinski definition) is 5. The van der Waals surface area contributed by atoms with E-state index in [9.17, 15) is 19.5 Å². The number of nitrogens with zero attached hydrogens (tertiary/aromatic N) is 2. The number of alkyl carbamates (subject to hydrolysis) is 1. The number of amides is 2. The van der Waals surface area contributed by atoms with Crippen LogP contribution in [0.5, 0.6) is 0 Å². The Bertz CT molecular complexity index is 1210. The van der Waals surface area contributed by atoms with Crippen LogP contribution < -0.4 is 10.6 Å². The summed E-state index contributed by atoms with van der Waals surface area (Å²) < 4.78 is 7.10. The molecule has 182 valence electrons. The summed E-state index contributed by atoms with van der Waals surface area (Å²) >= 11 is 0. The van der Waals surface area contributed by atoms with Crippen LogP contribution >= 0.6 is 0 Å². The number of carbonyl (C=O) groups is 3. The van der Waals surface area contributed by atoms with Crippen molar-refractivity contribution < 1.29 is 24.2 Å². The van der Waals surface area contributed by atoms with Gasteiger partial charge in [-0.25, -0.2) is 4.79 Å². The quantitative estimate of drug-likeness (QED) is 0.459. The fourth-order valence-corrected chi connectivity index (χ4v) is 4.29. The van der Waals surface area contributed by atoms with Crippen LogP contribution in [-0.4, -0.2) is 45.5 Å². The highest BCUT2D eigenvalue weighted by molar-refractivity contribution is 5.87. The molecular weight excluding hydrogens is 448 g/mol. The third-order valence-electron chi connectivity index (χ3n) is 6.44. The van der Waals surface area contributed by atoms with Gasteiger partial charge in [0, 0.05) is 30.8 Å². The zero-order valence-electron chi connectivity index (χ0n) is 19.8. The van der Waals surface area contributed by atoms with Crippen LogP contribution in [0.3, 0.4) is 0 Å². The van der Waals surface area contributed by atoms with Gasteiger partial charge in [-0.05, 0) is 36.1 Å². The first-order valence-corrected chi connectivity index (χ1v) is 11.4. The summed E-state index contributed by atoms with van der Waals surface area (Å²) in [6, 6.07) is 14.3. The lowest BCUT2D eigenvalue weighted by Crippen LogP contribution is -2.46. The van der Waals surface area contributed by atoms with Gasteiger partial charge in [0.15, 0.2) is 0 Å². The standard InChI is InChI=1S/C26H28N4O5/c1-15(25(32)33)16(2)28-24(31)23(17-12-27-30(3)13-17)29-26(34)35-14-22-20-10-6-4-8-18(20)19-9-5-7-11-21(19)22/h4-13,15-16,22-23H,14H2,1-3H3,(H,28,31)(H,29,34)(H,32,33). The number of rotatable bonds is 8. The van der Waals surface area contributed by atoms with Crippen molar-refractivity contribution in [3.63, 3.8) is 0 Å². The van der Waals surface area contributed by atoms with Crippen LogP contribution in [-0.2, 0) is 21.4 Å². The van der Waals surface area contributed by atoms with Crippen LogP contribution in [0.25, 0.3) is 11.1 Å². The predicted octanol–water partition coefficient (Wildman–Crippen LogP) is 3.23. The van der Waals surface area contributed by atoms with E-state index in [1.807, 2.05) is 36.4 Å². The second-order valence-electron chi connectivity index (χ2n) is 8.77. The van der Waals surface area contributed by atoms with Crippen molar-refractivity contribution in [3.05, 3.63) is 77.6 Å². The van der Waals surface area contributed by atoms with Crippen LogP contribution in [0.4, 0.5) is 4.79 Å². The Morgan fingerprint density at radius 2 is 1.63 bits per heavy atom. The van der Waals surface area contributed by atoms with E-state index in [0.29, 0.717) is 5.56 Å². The lowest BCUT2D eigenvalue weighted by Gasteiger charge is -2.23. The Hall–Kier alpha value is -4.14. The molecule has 3 N–H and O–H groups in total. The third-order valence-corrected chi connectivity index (χ3v) is 6.44. The first-order valence-electron chi connectivity index (χ1n) is 11.4. The predicted molar refractivity (Wildman–Crippen MR) is 129 cm³/mol. The summed E-state index contributed by atoms with van der Waals surface area (Å²) in [5.41, 5.74) is 4.85. The van der Waals surface area contributed by atoms with E-state index in [0.717, 1.165) is 22.3 Å². The molecule has 0 radical (unpaired) electrons. The zero-order chi connectivity index (χ0) is 25.1. The van der Waals surface area contributed by atoms with Crippen LogP contribution in [0.1, 0.15) is 42.5 Å². The van der Waals surface area contributed by atoms with E-state index in [4.69, 9.17) is 4.74 Å². The summed E-state index contributed by atoms with van der Waals surface area (Å²) in [6.07, 6.45) is 2.33. The fraction of sp³-hybridized carbons (Fsp3) is 0.308. The van der Waals surface area contributed by atoms with Gasteiger partial charge >= 0.3 is 12.1 Å². The minimum Gasteiger partial charge on any atom is -0.481 e.